The van der Waals surface area contributed by atoms with Gasteiger partial charge in [-0.15, -0.1) is 11.3 Å². The molecule has 0 fully saturated rings. The minimum atomic E-state index is -3.49. The SMILES string of the molecule is CNCc1ccc(S(=O)(=O)Nc2ccccc2C)s1. The summed E-state index contributed by atoms with van der Waals surface area (Å²) >= 11 is 1.28. The highest BCUT2D eigenvalue weighted by Gasteiger charge is 2.17. The molecule has 1 aromatic carbocycles. The van der Waals surface area contributed by atoms with E-state index in [9.17, 15) is 8.42 Å². The number of para-hydroxylation sites is 1. The van der Waals surface area contributed by atoms with Crippen molar-refractivity contribution in [3.63, 3.8) is 0 Å². The average molecular weight is 296 g/mol. The molecule has 2 N–H and O–H groups in total. The van der Waals surface area contributed by atoms with E-state index in [0.29, 0.717) is 16.4 Å². The summed E-state index contributed by atoms with van der Waals surface area (Å²) < 4.78 is 27.5. The molecule has 4 nitrogen and oxygen atoms in total. The number of thiophene rings is 1. The van der Waals surface area contributed by atoms with Crippen molar-refractivity contribution in [2.24, 2.45) is 0 Å². The number of nitrogens with one attached hydrogen (secondary N) is 2. The van der Waals surface area contributed by atoms with Gasteiger partial charge in [-0.1, -0.05) is 18.2 Å². The predicted octanol–water partition coefficient (Wildman–Crippen LogP) is 2.58. The zero-order valence-corrected chi connectivity index (χ0v) is 12.4. The Morgan fingerprint density at radius 1 is 1.16 bits per heavy atom. The van der Waals surface area contributed by atoms with Gasteiger partial charge in [-0.05, 0) is 37.7 Å². The first-order chi connectivity index (χ1) is 9.03. The Hall–Kier alpha value is -1.37. The van der Waals surface area contributed by atoms with E-state index >= 15 is 0 Å². The molecule has 102 valence electrons. The van der Waals surface area contributed by atoms with E-state index in [-0.39, 0.29) is 0 Å². The quantitative estimate of drug-likeness (QED) is 0.891. The van der Waals surface area contributed by atoms with Crippen molar-refractivity contribution < 1.29 is 8.42 Å². The maximum Gasteiger partial charge on any atom is 0.271 e. The van der Waals surface area contributed by atoms with Gasteiger partial charge in [0.15, 0.2) is 0 Å². The van der Waals surface area contributed by atoms with Crippen LogP contribution in [-0.2, 0) is 16.6 Å². The molecule has 0 saturated carbocycles. The Morgan fingerprint density at radius 3 is 2.58 bits per heavy atom. The second-order valence-corrected chi connectivity index (χ2v) is 7.25. The zero-order valence-electron chi connectivity index (χ0n) is 10.8. The van der Waals surface area contributed by atoms with E-state index < -0.39 is 10.0 Å². The third-order valence-corrected chi connectivity index (χ3v) is 5.58. The maximum absolute atomic E-state index is 12.3. The maximum atomic E-state index is 12.3. The predicted molar refractivity (Wildman–Crippen MR) is 79.1 cm³/mol. The van der Waals surface area contributed by atoms with Crippen LogP contribution in [0.25, 0.3) is 0 Å². The van der Waals surface area contributed by atoms with Crippen LogP contribution >= 0.6 is 11.3 Å². The molecule has 2 rings (SSSR count). The van der Waals surface area contributed by atoms with Crippen LogP contribution in [0.3, 0.4) is 0 Å². The topological polar surface area (TPSA) is 58.2 Å². The number of hydrogen-bond acceptors (Lipinski definition) is 4. The lowest BCUT2D eigenvalue weighted by atomic mass is 10.2. The molecule has 0 saturated heterocycles. The van der Waals surface area contributed by atoms with E-state index in [0.717, 1.165) is 10.4 Å². The summed E-state index contributed by atoms with van der Waals surface area (Å²) in [5, 5.41) is 3.00. The average Bonchev–Trinajstić information content (AvgIpc) is 2.82. The van der Waals surface area contributed by atoms with Crippen LogP contribution in [0.1, 0.15) is 10.4 Å². The number of aryl methyl sites for hydroxylation is 1. The van der Waals surface area contributed by atoms with E-state index in [1.165, 1.54) is 11.3 Å². The second-order valence-electron chi connectivity index (χ2n) is 4.17. The fraction of sp³-hybridized carbons (Fsp3) is 0.231. The molecule has 0 aliphatic rings. The first-order valence-corrected chi connectivity index (χ1v) is 8.14. The minimum absolute atomic E-state index is 0.334. The van der Waals surface area contributed by atoms with Gasteiger partial charge in [-0.3, -0.25) is 4.72 Å². The van der Waals surface area contributed by atoms with Crippen molar-refractivity contribution in [2.45, 2.75) is 17.7 Å². The van der Waals surface area contributed by atoms with Gasteiger partial charge in [0.1, 0.15) is 4.21 Å². The van der Waals surface area contributed by atoms with Gasteiger partial charge in [-0.25, -0.2) is 8.42 Å². The Kier molecular flexibility index (Phi) is 4.24. The zero-order chi connectivity index (χ0) is 13.9. The summed E-state index contributed by atoms with van der Waals surface area (Å²) in [6.07, 6.45) is 0. The molecule has 0 atom stereocenters. The summed E-state index contributed by atoms with van der Waals surface area (Å²) in [5.41, 5.74) is 1.52. The van der Waals surface area contributed by atoms with Gasteiger partial charge in [0.2, 0.25) is 0 Å². The monoisotopic (exact) mass is 296 g/mol. The van der Waals surface area contributed by atoms with Crippen LogP contribution in [0, 0.1) is 6.92 Å². The van der Waals surface area contributed by atoms with Crippen LogP contribution in [-0.4, -0.2) is 15.5 Å². The van der Waals surface area contributed by atoms with Gasteiger partial charge in [0, 0.05) is 11.4 Å². The molecule has 2 aromatic rings. The van der Waals surface area contributed by atoms with Gasteiger partial charge in [-0.2, -0.15) is 0 Å². The largest absolute Gasteiger partial charge is 0.315 e. The summed E-state index contributed by atoms with van der Waals surface area (Å²) in [6, 6.07) is 10.8. The molecule has 1 aromatic heterocycles. The summed E-state index contributed by atoms with van der Waals surface area (Å²) in [7, 11) is -1.66. The summed E-state index contributed by atoms with van der Waals surface area (Å²) in [5.74, 6) is 0. The van der Waals surface area contributed by atoms with Gasteiger partial charge < -0.3 is 5.32 Å². The summed E-state index contributed by atoms with van der Waals surface area (Å²) in [4.78, 5) is 0.993. The molecular formula is C13H16N2O2S2. The molecule has 19 heavy (non-hydrogen) atoms. The lowest BCUT2D eigenvalue weighted by Gasteiger charge is -2.08. The van der Waals surface area contributed by atoms with Crippen molar-refractivity contribution in [1.82, 2.24) is 5.32 Å². The van der Waals surface area contributed by atoms with Crippen LogP contribution < -0.4 is 10.0 Å². The van der Waals surface area contributed by atoms with Crippen molar-refractivity contribution >= 4 is 27.0 Å². The smallest absolute Gasteiger partial charge is 0.271 e. The molecular weight excluding hydrogens is 280 g/mol. The Bertz CT molecular complexity index is 663. The van der Waals surface area contributed by atoms with Gasteiger partial charge in [0.05, 0.1) is 5.69 Å². The molecule has 0 unspecified atom stereocenters. The molecule has 0 spiro atoms. The molecule has 0 aliphatic carbocycles. The molecule has 0 radical (unpaired) electrons. The first-order valence-electron chi connectivity index (χ1n) is 5.84. The lowest BCUT2D eigenvalue weighted by Crippen LogP contribution is -2.12. The normalized spacial score (nSPS) is 11.5. The van der Waals surface area contributed by atoms with Crippen molar-refractivity contribution in [2.75, 3.05) is 11.8 Å². The molecule has 0 aliphatic heterocycles. The molecule has 6 heteroatoms. The highest BCUT2D eigenvalue weighted by atomic mass is 32.2. The number of benzene rings is 1. The van der Waals surface area contributed by atoms with Crippen LogP contribution in [0.2, 0.25) is 0 Å². The van der Waals surface area contributed by atoms with Crippen molar-refractivity contribution in [3.8, 4) is 0 Å². The third kappa shape index (κ3) is 3.34. The van der Waals surface area contributed by atoms with Crippen molar-refractivity contribution in [3.05, 3.63) is 46.8 Å². The van der Waals surface area contributed by atoms with E-state index in [4.69, 9.17) is 0 Å². The fourth-order valence-electron chi connectivity index (χ4n) is 1.65. The van der Waals surface area contributed by atoms with Crippen LogP contribution in [0.15, 0.2) is 40.6 Å². The Labute approximate surface area is 117 Å². The Morgan fingerprint density at radius 2 is 1.89 bits per heavy atom. The number of anilines is 1. The Balaban J connectivity index is 2.25. The summed E-state index contributed by atoms with van der Waals surface area (Å²) in [6.45, 7) is 2.54. The number of sulfonamides is 1. The first kappa shape index (κ1) is 14.0. The van der Waals surface area contributed by atoms with Crippen LogP contribution in [0.4, 0.5) is 5.69 Å². The molecule has 1 heterocycles. The van der Waals surface area contributed by atoms with Gasteiger partial charge >= 0.3 is 0 Å². The minimum Gasteiger partial charge on any atom is -0.315 e. The van der Waals surface area contributed by atoms with E-state index in [2.05, 4.69) is 10.0 Å². The highest BCUT2D eigenvalue weighted by Crippen LogP contribution is 2.25. The van der Waals surface area contributed by atoms with Gasteiger partial charge in [0.25, 0.3) is 10.0 Å². The van der Waals surface area contributed by atoms with Crippen molar-refractivity contribution in [1.29, 1.82) is 0 Å². The van der Waals surface area contributed by atoms with E-state index in [1.54, 1.807) is 12.1 Å². The fourth-order valence-corrected chi connectivity index (χ4v) is 4.15. The standard InChI is InChI=1S/C13H16N2O2S2/c1-10-5-3-4-6-12(10)15-19(16,17)13-8-7-11(18-13)9-14-2/h3-8,14-15H,9H2,1-2H3. The molecule has 0 bridgehead atoms. The highest BCUT2D eigenvalue weighted by molar-refractivity contribution is 7.94. The van der Waals surface area contributed by atoms with Crippen LogP contribution in [0.5, 0.6) is 0 Å². The number of hydrogen-bond donors (Lipinski definition) is 2. The van der Waals surface area contributed by atoms with E-state index in [1.807, 2.05) is 38.2 Å². The third-order valence-electron chi connectivity index (χ3n) is 2.64. The lowest BCUT2D eigenvalue weighted by molar-refractivity contribution is 0.603. The molecule has 0 amide bonds. The number of rotatable bonds is 5. The second kappa shape index (κ2) is 5.73.